The van der Waals surface area contributed by atoms with Gasteiger partial charge in [0.2, 0.25) is 0 Å². The summed E-state index contributed by atoms with van der Waals surface area (Å²) in [5.74, 6) is 0.672. The molecule has 0 radical (unpaired) electrons. The number of anilines is 1. The molecule has 0 aliphatic carbocycles. The van der Waals surface area contributed by atoms with Crippen LogP contribution in [0.3, 0.4) is 0 Å². The third-order valence-electron chi connectivity index (χ3n) is 4.07. The largest absolute Gasteiger partial charge is 0.369 e. The lowest BCUT2D eigenvalue weighted by Crippen LogP contribution is -2.46. The van der Waals surface area contributed by atoms with Crippen LogP contribution in [-0.2, 0) is 0 Å². The topological polar surface area (TPSA) is 32.5 Å². The van der Waals surface area contributed by atoms with Crippen molar-refractivity contribution in [1.29, 1.82) is 0 Å². The molecule has 1 heterocycles. The summed E-state index contributed by atoms with van der Waals surface area (Å²) < 4.78 is 0. The second-order valence-corrected chi connectivity index (χ2v) is 5.65. The number of nitrogens with zero attached hydrogens (tertiary/aromatic N) is 2. The molecule has 2 rings (SSSR count). The first-order valence-electron chi connectivity index (χ1n) is 7.52. The Morgan fingerprint density at radius 3 is 2.42 bits per heavy atom. The van der Waals surface area contributed by atoms with Crippen LogP contribution < -0.4 is 10.6 Å². The highest BCUT2D eigenvalue weighted by atomic mass is 15.3. The average Bonchev–Trinajstić information content (AvgIpc) is 2.48. The average molecular weight is 261 g/mol. The Bertz CT molecular complexity index is 344. The van der Waals surface area contributed by atoms with Crippen molar-refractivity contribution in [2.45, 2.75) is 19.8 Å². The van der Waals surface area contributed by atoms with Crippen LogP contribution in [0.1, 0.15) is 19.8 Å². The summed E-state index contributed by atoms with van der Waals surface area (Å²) in [6.45, 7) is 8.97. The van der Waals surface area contributed by atoms with E-state index in [0.717, 1.165) is 19.6 Å². The summed E-state index contributed by atoms with van der Waals surface area (Å²) in [4.78, 5) is 5.07. The molecule has 1 saturated heterocycles. The predicted molar refractivity (Wildman–Crippen MR) is 82.5 cm³/mol. The van der Waals surface area contributed by atoms with Crippen LogP contribution in [0.25, 0.3) is 0 Å². The summed E-state index contributed by atoms with van der Waals surface area (Å²) >= 11 is 0. The molecule has 0 saturated carbocycles. The van der Waals surface area contributed by atoms with Gasteiger partial charge >= 0.3 is 0 Å². The quantitative estimate of drug-likeness (QED) is 0.852. The second-order valence-electron chi connectivity index (χ2n) is 5.65. The monoisotopic (exact) mass is 261 g/mol. The number of rotatable bonds is 6. The molecule has 2 N–H and O–H groups in total. The third-order valence-corrected chi connectivity index (χ3v) is 4.07. The first-order valence-corrected chi connectivity index (χ1v) is 7.52. The van der Waals surface area contributed by atoms with E-state index in [2.05, 4.69) is 47.1 Å². The number of nitrogens with two attached hydrogens (primary N) is 1. The highest BCUT2D eigenvalue weighted by Crippen LogP contribution is 2.16. The molecule has 1 aromatic carbocycles. The van der Waals surface area contributed by atoms with E-state index < -0.39 is 0 Å². The van der Waals surface area contributed by atoms with E-state index in [0.29, 0.717) is 5.92 Å². The first kappa shape index (κ1) is 14.4. The van der Waals surface area contributed by atoms with Gasteiger partial charge in [-0.25, -0.2) is 0 Å². The maximum atomic E-state index is 5.65. The zero-order chi connectivity index (χ0) is 13.5. The van der Waals surface area contributed by atoms with Gasteiger partial charge < -0.3 is 10.6 Å². The van der Waals surface area contributed by atoms with Crippen LogP contribution in [-0.4, -0.2) is 44.2 Å². The summed E-state index contributed by atoms with van der Waals surface area (Å²) in [6, 6.07) is 10.7. The van der Waals surface area contributed by atoms with Crippen molar-refractivity contribution in [2.24, 2.45) is 11.7 Å². The van der Waals surface area contributed by atoms with E-state index in [9.17, 15) is 0 Å². The Morgan fingerprint density at radius 2 is 1.79 bits per heavy atom. The number of hydrogen-bond donors (Lipinski definition) is 1. The van der Waals surface area contributed by atoms with Gasteiger partial charge in [-0.3, -0.25) is 4.90 Å². The highest BCUT2D eigenvalue weighted by molar-refractivity contribution is 5.46. The maximum Gasteiger partial charge on any atom is 0.0367 e. The highest BCUT2D eigenvalue weighted by Gasteiger charge is 2.16. The van der Waals surface area contributed by atoms with Crippen LogP contribution in [0, 0.1) is 5.92 Å². The Morgan fingerprint density at radius 1 is 1.11 bits per heavy atom. The molecule has 1 unspecified atom stereocenters. The minimum atomic E-state index is 0.672. The molecule has 0 aromatic heterocycles. The van der Waals surface area contributed by atoms with E-state index in [1.165, 1.54) is 38.2 Å². The van der Waals surface area contributed by atoms with Gasteiger partial charge in [-0.15, -0.1) is 0 Å². The van der Waals surface area contributed by atoms with Crippen molar-refractivity contribution in [3.8, 4) is 0 Å². The molecule has 3 nitrogen and oxygen atoms in total. The maximum absolute atomic E-state index is 5.65. The van der Waals surface area contributed by atoms with Crippen molar-refractivity contribution in [1.82, 2.24) is 4.90 Å². The smallest absolute Gasteiger partial charge is 0.0367 e. The molecule has 0 bridgehead atoms. The van der Waals surface area contributed by atoms with Gasteiger partial charge in [-0.2, -0.15) is 0 Å². The summed E-state index contributed by atoms with van der Waals surface area (Å²) in [7, 11) is 0. The standard InChI is InChI=1S/C16H27N3/c1-15(14-17)6-5-9-18-10-12-19(13-11-18)16-7-3-2-4-8-16/h2-4,7-8,15H,5-6,9-14,17H2,1H3. The molecule has 3 heteroatoms. The van der Waals surface area contributed by atoms with Gasteiger partial charge in [0.25, 0.3) is 0 Å². The molecule has 106 valence electrons. The minimum Gasteiger partial charge on any atom is -0.369 e. The van der Waals surface area contributed by atoms with E-state index in [1.54, 1.807) is 0 Å². The fraction of sp³-hybridized carbons (Fsp3) is 0.625. The molecule has 0 amide bonds. The molecule has 1 aliphatic rings. The summed E-state index contributed by atoms with van der Waals surface area (Å²) in [6.07, 6.45) is 2.54. The van der Waals surface area contributed by atoms with Crippen molar-refractivity contribution in [2.75, 3.05) is 44.2 Å². The Balaban J connectivity index is 1.68. The Kier molecular flexibility index (Phi) is 5.67. The third kappa shape index (κ3) is 4.51. The first-order chi connectivity index (χ1) is 9.29. The van der Waals surface area contributed by atoms with E-state index in [-0.39, 0.29) is 0 Å². The molecule has 1 aromatic rings. The molecular weight excluding hydrogens is 234 g/mol. The molecule has 1 aliphatic heterocycles. The number of hydrogen-bond acceptors (Lipinski definition) is 3. The SMILES string of the molecule is CC(CN)CCCN1CCN(c2ccccc2)CC1. The van der Waals surface area contributed by atoms with Gasteiger partial charge in [0, 0.05) is 31.9 Å². The zero-order valence-electron chi connectivity index (χ0n) is 12.1. The number of benzene rings is 1. The van der Waals surface area contributed by atoms with Gasteiger partial charge in [-0.1, -0.05) is 25.1 Å². The Hall–Kier alpha value is -1.06. The van der Waals surface area contributed by atoms with Crippen LogP contribution in [0.4, 0.5) is 5.69 Å². The fourth-order valence-electron chi connectivity index (χ4n) is 2.65. The van der Waals surface area contributed by atoms with Crippen LogP contribution >= 0.6 is 0 Å². The van der Waals surface area contributed by atoms with E-state index in [1.807, 2.05) is 0 Å². The van der Waals surface area contributed by atoms with Crippen molar-refractivity contribution in [3.05, 3.63) is 30.3 Å². The van der Waals surface area contributed by atoms with Gasteiger partial charge in [0.15, 0.2) is 0 Å². The fourth-order valence-corrected chi connectivity index (χ4v) is 2.65. The molecular formula is C16H27N3. The molecule has 0 spiro atoms. The minimum absolute atomic E-state index is 0.672. The van der Waals surface area contributed by atoms with Crippen LogP contribution in [0.2, 0.25) is 0 Å². The summed E-state index contributed by atoms with van der Waals surface area (Å²) in [5, 5.41) is 0. The summed E-state index contributed by atoms with van der Waals surface area (Å²) in [5.41, 5.74) is 7.01. The lowest BCUT2D eigenvalue weighted by atomic mass is 10.1. The second kappa shape index (κ2) is 7.51. The molecule has 1 atom stereocenters. The van der Waals surface area contributed by atoms with Crippen molar-refractivity contribution >= 4 is 5.69 Å². The van der Waals surface area contributed by atoms with E-state index >= 15 is 0 Å². The van der Waals surface area contributed by atoms with Crippen molar-refractivity contribution in [3.63, 3.8) is 0 Å². The normalized spacial score (nSPS) is 18.5. The van der Waals surface area contributed by atoms with Crippen LogP contribution in [0.5, 0.6) is 0 Å². The van der Waals surface area contributed by atoms with Gasteiger partial charge in [0.05, 0.1) is 0 Å². The lowest BCUT2D eigenvalue weighted by molar-refractivity contribution is 0.248. The van der Waals surface area contributed by atoms with Crippen molar-refractivity contribution < 1.29 is 0 Å². The number of piperazine rings is 1. The number of para-hydroxylation sites is 1. The van der Waals surface area contributed by atoms with Gasteiger partial charge in [0.1, 0.15) is 0 Å². The zero-order valence-corrected chi connectivity index (χ0v) is 12.1. The molecule has 1 fully saturated rings. The Labute approximate surface area is 117 Å². The predicted octanol–water partition coefficient (Wildman–Crippen LogP) is 2.18. The molecule has 19 heavy (non-hydrogen) atoms. The van der Waals surface area contributed by atoms with Crippen LogP contribution in [0.15, 0.2) is 30.3 Å². The van der Waals surface area contributed by atoms with Gasteiger partial charge in [-0.05, 0) is 44.0 Å². The lowest BCUT2D eigenvalue weighted by Gasteiger charge is -2.36. The van der Waals surface area contributed by atoms with E-state index in [4.69, 9.17) is 5.73 Å².